The van der Waals surface area contributed by atoms with Gasteiger partial charge in [-0.2, -0.15) is 12.5 Å². The van der Waals surface area contributed by atoms with Crippen molar-refractivity contribution < 1.29 is 9.47 Å². The van der Waals surface area contributed by atoms with Crippen LogP contribution < -0.4 is 9.47 Å². The molecule has 0 N–H and O–H groups in total. The molecule has 2 nitrogen and oxygen atoms in total. The second-order valence-electron chi connectivity index (χ2n) is 2.22. The molecule has 68 valence electrons. The average Bonchev–Trinajstić information content (AvgIpc) is 2.03. The Morgan fingerprint density at radius 1 is 1.00 bits per heavy atom. The molecule has 0 atom stereocenters. The van der Waals surface area contributed by atoms with E-state index in [-0.39, 0.29) is 30.5 Å². The smallest absolute Gasteiger partial charge is 0.509 e. The van der Waals surface area contributed by atoms with Crippen LogP contribution in [-0.4, -0.2) is 37.3 Å². The Balaban J connectivity index is 0. The SMILES string of the molecule is [CH2-]c1cc(OC)cc(OC)c1.[CH3-].[Mg+2]. The van der Waals surface area contributed by atoms with Gasteiger partial charge in [-0.3, -0.25) is 0 Å². The molecule has 1 rings (SSSR count). The van der Waals surface area contributed by atoms with Gasteiger partial charge >= 0.3 is 23.1 Å². The molecule has 0 aliphatic heterocycles. The van der Waals surface area contributed by atoms with Crippen LogP contribution in [-0.2, 0) is 0 Å². The first kappa shape index (κ1) is 15.0. The molecule has 0 amide bonds. The fourth-order valence-corrected chi connectivity index (χ4v) is 0.866. The molecule has 1 aromatic carbocycles. The summed E-state index contributed by atoms with van der Waals surface area (Å²) in [6.45, 7) is 3.78. The van der Waals surface area contributed by atoms with Crippen molar-refractivity contribution in [2.75, 3.05) is 14.2 Å². The quantitative estimate of drug-likeness (QED) is 0.524. The molecule has 13 heavy (non-hydrogen) atoms. The predicted octanol–water partition coefficient (Wildman–Crippen LogP) is 1.96. The van der Waals surface area contributed by atoms with Crippen LogP contribution in [0.25, 0.3) is 0 Å². The molecular formula is C10H14MgO2. The van der Waals surface area contributed by atoms with E-state index >= 15 is 0 Å². The zero-order valence-electron chi connectivity index (χ0n) is 8.46. The minimum absolute atomic E-state index is 0. The van der Waals surface area contributed by atoms with Gasteiger partial charge in [-0.25, -0.2) is 0 Å². The van der Waals surface area contributed by atoms with E-state index in [0.29, 0.717) is 0 Å². The molecule has 0 radical (unpaired) electrons. The molecule has 0 bridgehead atoms. The van der Waals surface area contributed by atoms with Crippen LogP contribution in [0.15, 0.2) is 18.2 Å². The standard InChI is InChI=1S/C9H11O2.CH3.Mg/c1-7-4-8(10-2)6-9(5-7)11-3;;/h4-6H,1H2,2-3H3;1H3;/q2*-1;+2. The number of ether oxygens (including phenoxy) is 2. The first-order chi connectivity index (χ1) is 5.26. The molecule has 0 aromatic heterocycles. The van der Waals surface area contributed by atoms with Crippen molar-refractivity contribution in [2.24, 2.45) is 0 Å². The van der Waals surface area contributed by atoms with E-state index in [1.165, 1.54) is 0 Å². The van der Waals surface area contributed by atoms with Gasteiger partial charge in [0.05, 0.1) is 25.7 Å². The molecule has 0 heterocycles. The number of hydrogen-bond acceptors (Lipinski definition) is 2. The van der Waals surface area contributed by atoms with E-state index in [4.69, 9.17) is 9.47 Å². The minimum atomic E-state index is 0. The number of benzene rings is 1. The van der Waals surface area contributed by atoms with Crippen LogP contribution in [0.4, 0.5) is 0 Å². The van der Waals surface area contributed by atoms with Crippen molar-refractivity contribution in [1.82, 2.24) is 0 Å². The fraction of sp³-hybridized carbons (Fsp3) is 0.200. The Labute approximate surface area is 96.4 Å². The van der Waals surface area contributed by atoms with Crippen LogP contribution in [0.1, 0.15) is 5.56 Å². The maximum Gasteiger partial charge on any atom is 2.00 e. The summed E-state index contributed by atoms with van der Waals surface area (Å²) in [5.41, 5.74) is 0.890. The van der Waals surface area contributed by atoms with Crippen LogP contribution >= 0.6 is 0 Å². The molecule has 3 heteroatoms. The normalized spacial score (nSPS) is 7.85. The van der Waals surface area contributed by atoms with Gasteiger partial charge in [0.15, 0.2) is 0 Å². The first-order valence-corrected chi connectivity index (χ1v) is 3.31. The summed E-state index contributed by atoms with van der Waals surface area (Å²) in [6, 6.07) is 5.51. The maximum absolute atomic E-state index is 5.02. The molecule has 1 aromatic rings. The Hall–Kier alpha value is -0.544. The zero-order valence-corrected chi connectivity index (χ0v) is 9.88. The Bertz CT molecular complexity index is 226. The van der Waals surface area contributed by atoms with Crippen molar-refractivity contribution in [3.63, 3.8) is 0 Å². The summed E-state index contributed by atoms with van der Waals surface area (Å²) in [5, 5.41) is 0. The van der Waals surface area contributed by atoms with Crippen LogP contribution in [0.3, 0.4) is 0 Å². The summed E-state index contributed by atoms with van der Waals surface area (Å²) in [7, 11) is 3.24. The van der Waals surface area contributed by atoms with Crippen molar-refractivity contribution in [3.8, 4) is 11.5 Å². The third kappa shape index (κ3) is 4.29. The van der Waals surface area contributed by atoms with Gasteiger partial charge in [0.2, 0.25) is 0 Å². The second-order valence-corrected chi connectivity index (χ2v) is 2.22. The molecule has 0 saturated carbocycles. The molecular weight excluding hydrogens is 176 g/mol. The van der Waals surface area contributed by atoms with Crippen molar-refractivity contribution in [2.45, 2.75) is 0 Å². The van der Waals surface area contributed by atoms with Crippen LogP contribution in [0.5, 0.6) is 11.5 Å². The second kappa shape index (κ2) is 6.92. The summed E-state index contributed by atoms with van der Waals surface area (Å²) in [5.74, 6) is 1.55. The summed E-state index contributed by atoms with van der Waals surface area (Å²) < 4.78 is 10.0. The Kier molecular flexibility index (Phi) is 7.96. The van der Waals surface area contributed by atoms with Crippen molar-refractivity contribution in [1.29, 1.82) is 0 Å². The Morgan fingerprint density at radius 3 is 1.69 bits per heavy atom. The number of hydrogen-bond donors (Lipinski definition) is 0. The van der Waals surface area contributed by atoms with Gasteiger partial charge in [0.25, 0.3) is 0 Å². The summed E-state index contributed by atoms with van der Waals surface area (Å²) in [4.78, 5) is 0. The molecule has 0 aliphatic carbocycles. The van der Waals surface area contributed by atoms with Crippen molar-refractivity contribution in [3.05, 3.63) is 38.1 Å². The summed E-state index contributed by atoms with van der Waals surface area (Å²) >= 11 is 0. The predicted molar refractivity (Wildman–Crippen MR) is 56.2 cm³/mol. The number of rotatable bonds is 2. The number of methoxy groups -OCH3 is 2. The van der Waals surface area contributed by atoms with E-state index < -0.39 is 0 Å². The molecule has 0 spiro atoms. The van der Waals surface area contributed by atoms with E-state index in [0.717, 1.165) is 17.1 Å². The van der Waals surface area contributed by atoms with E-state index in [1.807, 2.05) is 18.2 Å². The van der Waals surface area contributed by atoms with E-state index in [1.54, 1.807) is 14.2 Å². The first-order valence-electron chi connectivity index (χ1n) is 3.31. The van der Waals surface area contributed by atoms with Crippen LogP contribution in [0, 0.1) is 14.4 Å². The van der Waals surface area contributed by atoms with E-state index in [9.17, 15) is 0 Å². The van der Waals surface area contributed by atoms with Gasteiger partial charge in [-0.05, 0) is 6.07 Å². The maximum atomic E-state index is 5.02. The molecule has 0 saturated heterocycles. The van der Waals surface area contributed by atoms with Crippen LogP contribution in [0.2, 0.25) is 0 Å². The van der Waals surface area contributed by atoms with Gasteiger partial charge in [-0.1, -0.05) is 0 Å². The molecule has 0 aliphatic rings. The topological polar surface area (TPSA) is 18.5 Å². The fourth-order valence-electron chi connectivity index (χ4n) is 0.866. The van der Waals surface area contributed by atoms with Gasteiger partial charge in [0.1, 0.15) is 0 Å². The molecule has 0 fully saturated rings. The van der Waals surface area contributed by atoms with Gasteiger partial charge < -0.3 is 16.9 Å². The largest absolute Gasteiger partial charge is 2.00 e. The van der Waals surface area contributed by atoms with Gasteiger partial charge in [-0.15, -0.1) is 12.1 Å². The monoisotopic (exact) mass is 190 g/mol. The average molecular weight is 191 g/mol. The third-order valence-corrected chi connectivity index (χ3v) is 1.41. The zero-order chi connectivity index (χ0) is 8.27. The summed E-state index contributed by atoms with van der Waals surface area (Å²) in [6.07, 6.45) is 0. The van der Waals surface area contributed by atoms with Gasteiger partial charge in [0, 0.05) is 0 Å². The minimum Gasteiger partial charge on any atom is -0.509 e. The third-order valence-electron chi connectivity index (χ3n) is 1.41. The van der Waals surface area contributed by atoms with E-state index in [2.05, 4.69) is 6.92 Å². The van der Waals surface area contributed by atoms with Crippen molar-refractivity contribution >= 4 is 23.1 Å². The Morgan fingerprint density at radius 2 is 1.38 bits per heavy atom. The molecule has 0 unspecified atom stereocenters.